The van der Waals surface area contributed by atoms with Crippen molar-refractivity contribution >= 4 is 23.2 Å². The van der Waals surface area contributed by atoms with Crippen LogP contribution in [-0.4, -0.2) is 25.9 Å². The molecule has 0 amide bonds. The van der Waals surface area contributed by atoms with Gasteiger partial charge in [0.25, 0.3) is 0 Å². The van der Waals surface area contributed by atoms with Gasteiger partial charge in [-0.05, 0) is 0 Å². The van der Waals surface area contributed by atoms with Gasteiger partial charge in [-0.15, -0.1) is 0 Å². The van der Waals surface area contributed by atoms with E-state index in [4.69, 9.17) is 15.3 Å². The highest BCUT2D eigenvalue weighted by atomic mass is 35.5. The average molecular weight is 165 g/mol. The van der Waals surface area contributed by atoms with Crippen molar-refractivity contribution in [2.75, 3.05) is 0 Å². The van der Waals surface area contributed by atoms with Crippen LogP contribution in [0, 0.1) is 0 Å². The van der Waals surface area contributed by atoms with Crippen LogP contribution in [0.25, 0.3) is 0 Å². The molecule has 0 saturated carbocycles. The van der Waals surface area contributed by atoms with Crippen molar-refractivity contribution < 1.29 is 19.7 Å². The highest BCUT2D eigenvalue weighted by molar-refractivity contribution is 6.47. The Morgan fingerprint density at radius 3 is 1.25 bits per heavy atom. The van der Waals surface area contributed by atoms with E-state index in [2.05, 4.69) is 23.2 Å². The minimum absolute atomic E-state index is 3.45. The van der Waals surface area contributed by atoms with Crippen LogP contribution in [-0.2, 0) is 0 Å². The van der Waals surface area contributed by atoms with Crippen LogP contribution in [0.2, 0.25) is 0 Å². The quantitative estimate of drug-likeness (QED) is 0.369. The molecule has 0 aliphatic carbocycles. The Labute approximate surface area is 54.3 Å². The maximum absolute atomic E-state index is 11.7. The number of rotatable bonds is 1. The zero-order valence-electron chi connectivity index (χ0n) is 3.48. The molecule has 0 atom stereocenters. The van der Waals surface area contributed by atoms with E-state index in [0.29, 0.717) is 0 Å². The molecule has 0 unspecified atom stereocenters. The van der Waals surface area contributed by atoms with E-state index < -0.39 is 10.6 Å². The monoisotopic (exact) mass is 164 g/mol. The van der Waals surface area contributed by atoms with Crippen molar-refractivity contribution in [2.24, 2.45) is 0 Å². The molecule has 0 aromatic heterocycles. The molecule has 0 bridgehead atoms. The van der Waals surface area contributed by atoms with Gasteiger partial charge in [-0.25, -0.2) is 0 Å². The second-order valence-corrected chi connectivity index (χ2v) is 2.37. The molecule has 3 N–H and O–H groups in total. The van der Waals surface area contributed by atoms with E-state index in [0.717, 1.165) is 0 Å². The van der Waals surface area contributed by atoms with Crippen LogP contribution in [0.5, 0.6) is 0 Å². The summed E-state index contributed by atoms with van der Waals surface area (Å²) in [6.45, 7) is 0. The average Bonchev–Trinajstić information content (AvgIpc) is 1.25. The van der Waals surface area contributed by atoms with Crippen LogP contribution in [0.4, 0.5) is 4.39 Å². The van der Waals surface area contributed by atoms with E-state index in [1.807, 2.05) is 0 Å². The predicted molar refractivity (Wildman–Crippen MR) is 24.9 cm³/mol. The van der Waals surface area contributed by atoms with Crippen LogP contribution >= 0.6 is 23.2 Å². The molecule has 0 fully saturated rings. The Morgan fingerprint density at radius 2 is 1.25 bits per heavy atom. The standard InChI is InChI=1S/C2H3Cl2FO3/c3-1(4,5)2(6,7)8/h6-8H. The smallest absolute Gasteiger partial charge is 0.339 e. The summed E-state index contributed by atoms with van der Waals surface area (Å²) in [6, 6.07) is 0. The molecular formula is C2H3Cl2FO3. The lowest BCUT2D eigenvalue weighted by molar-refractivity contribution is -0.336. The Morgan fingerprint density at radius 1 is 1.12 bits per heavy atom. The fraction of sp³-hybridized carbons (Fsp3) is 1.00. The molecule has 0 aliphatic rings. The van der Waals surface area contributed by atoms with Gasteiger partial charge < -0.3 is 15.3 Å². The fourth-order valence-corrected chi connectivity index (χ4v) is 0. The maximum Gasteiger partial charge on any atom is 0.342 e. The number of alkyl halides is 3. The molecule has 0 radical (unpaired) electrons. The van der Waals surface area contributed by atoms with E-state index in [-0.39, 0.29) is 0 Å². The summed E-state index contributed by atoms with van der Waals surface area (Å²) in [5, 5.41) is 23.5. The zero-order valence-corrected chi connectivity index (χ0v) is 4.99. The SMILES string of the molecule is OC(O)(O)C(F)(Cl)Cl. The van der Waals surface area contributed by atoms with Gasteiger partial charge in [-0.1, -0.05) is 23.2 Å². The summed E-state index contributed by atoms with van der Waals surface area (Å²) in [5.74, 6) is -3.70. The molecule has 3 nitrogen and oxygen atoms in total. The molecule has 0 aliphatic heterocycles. The van der Waals surface area contributed by atoms with Crippen molar-refractivity contribution in [1.82, 2.24) is 0 Å². The zero-order chi connectivity index (χ0) is 7.00. The Hall–Kier alpha value is 0.390. The Balaban J connectivity index is 4.02. The van der Waals surface area contributed by atoms with Gasteiger partial charge in [0, 0.05) is 0 Å². The van der Waals surface area contributed by atoms with Gasteiger partial charge in [0.15, 0.2) is 0 Å². The third-order valence-electron chi connectivity index (χ3n) is 0.380. The first-order valence-electron chi connectivity index (χ1n) is 1.49. The van der Waals surface area contributed by atoms with Crippen molar-refractivity contribution in [3.8, 4) is 0 Å². The largest absolute Gasteiger partial charge is 0.342 e. The van der Waals surface area contributed by atoms with Gasteiger partial charge in [-0.3, -0.25) is 0 Å². The van der Waals surface area contributed by atoms with Gasteiger partial charge in [0.2, 0.25) is 0 Å². The summed E-state index contributed by atoms with van der Waals surface area (Å²) in [6.07, 6.45) is 0. The predicted octanol–water partition coefficient (Wildman–Crippen LogP) is -0.282. The maximum atomic E-state index is 11.7. The van der Waals surface area contributed by atoms with E-state index in [1.54, 1.807) is 0 Å². The number of hydrogen-bond acceptors (Lipinski definition) is 3. The molecule has 8 heavy (non-hydrogen) atoms. The lowest BCUT2D eigenvalue weighted by Gasteiger charge is -2.19. The first-order chi connectivity index (χ1) is 3.25. The van der Waals surface area contributed by atoms with Crippen LogP contribution < -0.4 is 0 Å². The summed E-state index contributed by atoms with van der Waals surface area (Å²) in [7, 11) is 0. The second kappa shape index (κ2) is 1.97. The molecular weight excluding hydrogens is 162 g/mol. The van der Waals surface area contributed by atoms with Crippen LogP contribution in [0.1, 0.15) is 0 Å². The van der Waals surface area contributed by atoms with Crippen molar-refractivity contribution in [2.45, 2.75) is 10.6 Å². The Bertz CT molecular complexity index is 70.3. The highest BCUT2D eigenvalue weighted by Crippen LogP contribution is 2.31. The fourth-order valence-electron chi connectivity index (χ4n) is 0. The number of hydrogen-bond donors (Lipinski definition) is 3. The first kappa shape index (κ1) is 8.39. The van der Waals surface area contributed by atoms with Gasteiger partial charge in [-0.2, -0.15) is 4.39 Å². The van der Waals surface area contributed by atoms with Gasteiger partial charge in [0.1, 0.15) is 0 Å². The van der Waals surface area contributed by atoms with Crippen molar-refractivity contribution in [1.29, 1.82) is 0 Å². The minimum Gasteiger partial charge on any atom is -0.339 e. The van der Waals surface area contributed by atoms with Crippen molar-refractivity contribution in [3.63, 3.8) is 0 Å². The number of aliphatic hydroxyl groups is 3. The summed E-state index contributed by atoms with van der Waals surface area (Å²) >= 11 is 8.72. The molecule has 50 valence electrons. The summed E-state index contributed by atoms with van der Waals surface area (Å²) in [5.41, 5.74) is 0. The second-order valence-electron chi connectivity index (χ2n) is 1.13. The van der Waals surface area contributed by atoms with Crippen LogP contribution in [0.3, 0.4) is 0 Å². The molecule has 0 spiro atoms. The van der Waals surface area contributed by atoms with Crippen LogP contribution in [0.15, 0.2) is 0 Å². The van der Waals surface area contributed by atoms with Gasteiger partial charge >= 0.3 is 10.6 Å². The molecule has 0 saturated heterocycles. The van der Waals surface area contributed by atoms with E-state index in [9.17, 15) is 4.39 Å². The third-order valence-corrected chi connectivity index (χ3v) is 0.887. The Kier molecular flexibility index (Phi) is 2.06. The molecule has 6 heteroatoms. The summed E-state index contributed by atoms with van der Waals surface area (Å²) < 4.78 is 8.23. The summed E-state index contributed by atoms with van der Waals surface area (Å²) in [4.78, 5) is 0. The topological polar surface area (TPSA) is 60.7 Å². The molecule has 0 aromatic carbocycles. The molecule has 0 aromatic rings. The molecule has 0 heterocycles. The lowest BCUT2D eigenvalue weighted by Crippen LogP contribution is -2.42. The third kappa shape index (κ3) is 2.11. The number of halogens is 3. The minimum atomic E-state index is -3.70. The lowest BCUT2D eigenvalue weighted by atomic mass is 10.6. The highest BCUT2D eigenvalue weighted by Gasteiger charge is 2.46. The van der Waals surface area contributed by atoms with Crippen molar-refractivity contribution in [3.05, 3.63) is 0 Å². The van der Waals surface area contributed by atoms with Gasteiger partial charge in [0.05, 0.1) is 0 Å². The normalized spacial score (nSPS) is 14.2. The van der Waals surface area contributed by atoms with E-state index in [1.165, 1.54) is 0 Å². The molecule has 0 rings (SSSR count). The van der Waals surface area contributed by atoms with E-state index >= 15 is 0 Å². The first-order valence-corrected chi connectivity index (χ1v) is 2.24.